The molecule has 2 aromatic heterocycles. The number of sulfonamides is 1. The number of hydrogen-bond donors (Lipinski definition) is 1. The topological polar surface area (TPSA) is 141 Å². The molecule has 2 fully saturated rings. The van der Waals surface area contributed by atoms with E-state index < -0.39 is 59.9 Å². The number of benzene rings is 3. The Labute approximate surface area is 307 Å². The number of pyridine rings is 1. The summed E-state index contributed by atoms with van der Waals surface area (Å²) in [5.74, 6) is -3.41. The van der Waals surface area contributed by atoms with E-state index in [0.717, 1.165) is 35.6 Å². The number of ketones is 1. The molecule has 1 aliphatic carbocycles. The van der Waals surface area contributed by atoms with Crippen LogP contribution < -0.4 is 24.0 Å². The van der Waals surface area contributed by atoms with Gasteiger partial charge in [0.25, 0.3) is 0 Å². The van der Waals surface area contributed by atoms with Gasteiger partial charge >= 0.3 is 10.1 Å². The monoisotopic (exact) mass is 789 g/mol. The molecule has 1 saturated carbocycles. The van der Waals surface area contributed by atoms with Gasteiger partial charge in [-0.1, -0.05) is 12.1 Å². The van der Waals surface area contributed by atoms with Crippen molar-refractivity contribution in [3.63, 3.8) is 0 Å². The number of anilines is 1. The highest BCUT2D eigenvalue weighted by Crippen LogP contribution is 2.51. The fraction of sp³-hybridized carbons (Fsp3) is 0.333. The third-order valence-corrected chi connectivity index (χ3v) is 13.8. The number of methoxy groups -OCH3 is 1. The molecule has 53 heavy (non-hydrogen) atoms. The van der Waals surface area contributed by atoms with E-state index in [1.54, 1.807) is 16.4 Å². The lowest BCUT2D eigenvalue weighted by atomic mass is 10.1. The molecule has 280 valence electrons. The van der Waals surface area contributed by atoms with Crippen molar-refractivity contribution < 1.29 is 43.7 Å². The summed E-state index contributed by atoms with van der Waals surface area (Å²) in [5, 5.41) is 1.05. The molecule has 3 heterocycles. The van der Waals surface area contributed by atoms with Gasteiger partial charge < -0.3 is 18.4 Å². The molecule has 0 radical (unpaired) electrons. The molecule has 2 unspecified atom stereocenters. The third kappa shape index (κ3) is 6.57. The van der Waals surface area contributed by atoms with Gasteiger partial charge in [0.15, 0.2) is 17.3 Å². The highest BCUT2D eigenvalue weighted by atomic mass is 32.2. The van der Waals surface area contributed by atoms with Crippen molar-refractivity contribution in [3.8, 4) is 11.5 Å². The first-order valence-corrected chi connectivity index (χ1v) is 20.4. The summed E-state index contributed by atoms with van der Waals surface area (Å²) >= 11 is 1.00. The van der Waals surface area contributed by atoms with Crippen molar-refractivity contribution in [3.05, 3.63) is 86.6 Å². The van der Waals surface area contributed by atoms with Crippen LogP contribution in [0, 0.1) is 43.1 Å². The molecule has 11 nitrogen and oxygen atoms in total. The van der Waals surface area contributed by atoms with E-state index in [0.29, 0.717) is 24.9 Å². The van der Waals surface area contributed by atoms with Gasteiger partial charge in [0.1, 0.15) is 38.2 Å². The molecule has 2 aliphatic rings. The van der Waals surface area contributed by atoms with E-state index in [4.69, 9.17) is 8.92 Å². The number of fused-ring (bicyclic) bond motifs is 2. The number of nitrogens with one attached hydrogen (secondary N) is 1. The van der Waals surface area contributed by atoms with E-state index in [1.807, 2.05) is 0 Å². The molecular formula is C36H34F3N3O8S3. The van der Waals surface area contributed by atoms with Crippen molar-refractivity contribution in [1.82, 2.24) is 9.29 Å². The summed E-state index contributed by atoms with van der Waals surface area (Å²) in [7, 11) is -7.34. The van der Waals surface area contributed by atoms with Crippen LogP contribution in [0.1, 0.15) is 36.9 Å². The molecule has 0 spiro atoms. The highest BCUT2D eigenvalue weighted by Gasteiger charge is 2.45. The molecule has 1 saturated heterocycles. The minimum absolute atomic E-state index is 0.00394. The maximum atomic E-state index is 16.3. The minimum atomic E-state index is -4.62. The molecule has 3 aromatic carbocycles. The van der Waals surface area contributed by atoms with Gasteiger partial charge in [0.05, 0.1) is 22.9 Å². The van der Waals surface area contributed by atoms with E-state index in [2.05, 4.69) is 4.72 Å². The van der Waals surface area contributed by atoms with Crippen LogP contribution in [-0.2, 0) is 24.9 Å². The number of thiophene rings is 1. The number of rotatable bonds is 11. The predicted molar refractivity (Wildman–Crippen MR) is 194 cm³/mol. The Morgan fingerprint density at radius 3 is 2.30 bits per heavy atom. The van der Waals surface area contributed by atoms with Crippen LogP contribution in [0.25, 0.3) is 21.1 Å². The summed E-state index contributed by atoms with van der Waals surface area (Å²) < 4.78 is 113. The lowest BCUT2D eigenvalue weighted by molar-refractivity contribution is -0.118. The summed E-state index contributed by atoms with van der Waals surface area (Å²) in [4.78, 5) is 28.2. The van der Waals surface area contributed by atoms with Crippen LogP contribution in [0.3, 0.4) is 0 Å². The Kier molecular flexibility index (Phi) is 9.36. The van der Waals surface area contributed by atoms with E-state index in [-0.39, 0.29) is 73.6 Å². The van der Waals surface area contributed by atoms with E-state index in [1.165, 1.54) is 44.5 Å². The van der Waals surface area contributed by atoms with Crippen molar-refractivity contribution in [1.29, 1.82) is 0 Å². The van der Waals surface area contributed by atoms with Crippen LogP contribution in [0.15, 0.2) is 62.4 Å². The fourth-order valence-electron chi connectivity index (χ4n) is 7.12. The van der Waals surface area contributed by atoms with E-state index >= 15 is 4.39 Å². The Morgan fingerprint density at radius 1 is 1.00 bits per heavy atom. The third-order valence-electron chi connectivity index (χ3n) is 9.89. The van der Waals surface area contributed by atoms with Crippen molar-refractivity contribution in [2.24, 2.45) is 11.8 Å². The number of Topliss-reactive ketones (excluding diaryl/α,β-unsaturated/α-hetero) is 1. The van der Waals surface area contributed by atoms with Gasteiger partial charge in [0, 0.05) is 37.0 Å². The molecule has 7 rings (SSSR count). The maximum absolute atomic E-state index is 16.3. The standard InChI is InChI=1S/C36H34F3N3O8S3/c1-18-5-7-22(37)11-29(18)52(45,46)40-15-21-9-10-41(16-21)33-26(39)13-25-32(35(33)49-4)42(27-14-24(27)20(3)43)36-31(34(25)44)28(17-51-36)50-53(47,48)30-12-23(38)8-6-19(30)2/h5-8,11-13,17,21,24,27,40H,9-10,14-16H2,1-4H3/t21?,24?,27-/m1/s1. The van der Waals surface area contributed by atoms with Crippen LogP contribution >= 0.6 is 11.3 Å². The zero-order chi connectivity index (χ0) is 38.1. The zero-order valence-corrected chi connectivity index (χ0v) is 31.4. The van der Waals surface area contributed by atoms with Crippen molar-refractivity contribution in [2.45, 2.75) is 49.4 Å². The SMILES string of the molecule is COc1c(N2CCC(CNS(=O)(=O)c3cc(F)ccc3C)C2)c(F)cc2c(=O)c3c(OS(=O)(=O)c4cc(F)ccc4C)csc3n([C@@H]3CC3C(C)=O)c12. The molecule has 0 amide bonds. The average Bonchev–Trinajstić information content (AvgIpc) is 3.58. The van der Waals surface area contributed by atoms with Gasteiger partial charge in [-0.05, 0) is 81.0 Å². The lowest BCUT2D eigenvalue weighted by Gasteiger charge is -2.25. The van der Waals surface area contributed by atoms with Crippen LogP contribution in [0.2, 0.25) is 0 Å². The first kappa shape index (κ1) is 36.9. The Hall–Kier alpha value is -4.45. The molecule has 5 aromatic rings. The normalized spacial score (nSPS) is 18.9. The average molecular weight is 790 g/mol. The molecule has 1 aliphatic heterocycles. The number of nitrogens with zero attached hydrogens (tertiary/aromatic N) is 2. The Morgan fingerprint density at radius 2 is 1.66 bits per heavy atom. The van der Waals surface area contributed by atoms with Crippen LogP contribution in [0.4, 0.5) is 18.9 Å². The summed E-state index contributed by atoms with van der Waals surface area (Å²) in [6.45, 7) is 5.00. The smallest absolute Gasteiger partial charge is 0.339 e. The summed E-state index contributed by atoms with van der Waals surface area (Å²) in [5.41, 5.74) is 0.108. The number of aryl methyl sites for hydroxylation is 2. The highest BCUT2D eigenvalue weighted by molar-refractivity contribution is 7.89. The van der Waals surface area contributed by atoms with Crippen LogP contribution in [0.5, 0.6) is 11.5 Å². The van der Waals surface area contributed by atoms with Gasteiger partial charge in [-0.25, -0.2) is 26.3 Å². The Bertz CT molecular complexity index is 2630. The second kappa shape index (κ2) is 13.4. The van der Waals surface area contributed by atoms with Crippen molar-refractivity contribution >= 4 is 64.1 Å². The first-order chi connectivity index (χ1) is 25.0. The summed E-state index contributed by atoms with van der Waals surface area (Å²) in [6, 6.07) is 7.30. The Balaban J connectivity index is 1.29. The van der Waals surface area contributed by atoms with E-state index in [9.17, 15) is 35.2 Å². The van der Waals surface area contributed by atoms with Gasteiger partial charge in [-0.2, -0.15) is 8.42 Å². The lowest BCUT2D eigenvalue weighted by Crippen LogP contribution is -2.31. The second-order valence-corrected chi connectivity index (χ2v) is 17.6. The van der Waals surface area contributed by atoms with Crippen molar-refractivity contribution in [2.75, 3.05) is 31.6 Å². The number of hydrogen-bond acceptors (Lipinski definition) is 10. The summed E-state index contributed by atoms with van der Waals surface area (Å²) in [6.07, 6.45) is 0.876. The quantitative estimate of drug-likeness (QED) is 0.160. The molecule has 0 bridgehead atoms. The second-order valence-electron chi connectivity index (χ2n) is 13.4. The fourth-order valence-corrected chi connectivity index (χ4v) is 10.8. The minimum Gasteiger partial charge on any atom is -0.492 e. The zero-order valence-electron chi connectivity index (χ0n) is 28.9. The number of ether oxygens (including phenoxy) is 1. The van der Waals surface area contributed by atoms with Gasteiger partial charge in [0.2, 0.25) is 15.5 Å². The maximum Gasteiger partial charge on any atom is 0.339 e. The first-order valence-electron chi connectivity index (χ1n) is 16.6. The number of halogens is 3. The largest absolute Gasteiger partial charge is 0.492 e. The number of carbonyl (C=O) groups excluding carboxylic acids is 1. The molecule has 3 atom stereocenters. The predicted octanol–water partition coefficient (Wildman–Crippen LogP) is 5.98. The van der Waals surface area contributed by atoms with Crippen LogP contribution in [-0.4, -0.2) is 53.9 Å². The molecule has 17 heteroatoms. The number of aromatic nitrogens is 1. The molecule has 1 N–H and O–H groups in total. The molecular weight excluding hydrogens is 756 g/mol. The number of carbonyl (C=O) groups is 1. The van der Waals surface area contributed by atoms with Gasteiger partial charge in [-0.3, -0.25) is 9.59 Å². The van der Waals surface area contributed by atoms with Gasteiger partial charge in [-0.15, -0.1) is 11.3 Å².